The van der Waals surface area contributed by atoms with Crippen molar-refractivity contribution in [1.29, 1.82) is 0 Å². The summed E-state index contributed by atoms with van der Waals surface area (Å²) < 4.78 is 38.8. The average Bonchev–Trinajstić information content (AvgIpc) is 2.76. The maximum Gasteiger partial charge on any atom is 0.243 e. The summed E-state index contributed by atoms with van der Waals surface area (Å²) in [5.41, 5.74) is 1.75. The molecule has 1 fully saturated rings. The molecule has 0 atom stereocenters. The van der Waals surface area contributed by atoms with Crippen molar-refractivity contribution in [3.63, 3.8) is 0 Å². The van der Waals surface area contributed by atoms with Crippen molar-refractivity contribution < 1.29 is 17.6 Å². The van der Waals surface area contributed by atoms with Crippen LogP contribution in [0.3, 0.4) is 0 Å². The molecule has 1 aliphatic rings. The third-order valence-corrected chi connectivity index (χ3v) is 7.44. The van der Waals surface area contributed by atoms with Crippen molar-refractivity contribution in [3.8, 4) is 0 Å². The molecule has 0 saturated carbocycles. The number of nitrogens with zero attached hydrogens (tertiary/aromatic N) is 1. The van der Waals surface area contributed by atoms with Crippen LogP contribution in [0.1, 0.15) is 16.9 Å². The van der Waals surface area contributed by atoms with Crippen molar-refractivity contribution in [3.05, 3.63) is 74.0 Å². The molecule has 8 heteroatoms. The summed E-state index contributed by atoms with van der Waals surface area (Å²) in [6.45, 7) is 3.27. The van der Waals surface area contributed by atoms with Crippen LogP contribution in [0.15, 0.2) is 61.0 Å². The van der Waals surface area contributed by atoms with Crippen LogP contribution in [0.5, 0.6) is 0 Å². The SMILES string of the molecule is Cc1c(/C=C/c2ccc(S(=O)(=O)N3CCOCC3)cc2)oc2ccc(Br)cc2c1=O. The van der Waals surface area contributed by atoms with Crippen molar-refractivity contribution in [2.75, 3.05) is 26.3 Å². The Morgan fingerprint density at radius 3 is 2.43 bits per heavy atom. The first-order valence-corrected chi connectivity index (χ1v) is 11.7. The van der Waals surface area contributed by atoms with Gasteiger partial charge in [-0.3, -0.25) is 4.79 Å². The molecule has 4 rings (SSSR count). The number of halogens is 1. The Kier molecular flexibility index (Phi) is 5.92. The Hall–Kier alpha value is -2.26. The van der Waals surface area contributed by atoms with E-state index >= 15 is 0 Å². The molecule has 0 radical (unpaired) electrons. The predicted molar refractivity (Wildman–Crippen MR) is 120 cm³/mol. The molecule has 1 saturated heterocycles. The summed E-state index contributed by atoms with van der Waals surface area (Å²) in [4.78, 5) is 12.9. The van der Waals surface area contributed by atoms with Gasteiger partial charge in [-0.25, -0.2) is 8.42 Å². The average molecular weight is 490 g/mol. The van der Waals surface area contributed by atoms with Crippen LogP contribution in [-0.2, 0) is 14.8 Å². The van der Waals surface area contributed by atoms with E-state index in [1.165, 1.54) is 4.31 Å². The molecular formula is C22H20BrNO5S. The molecule has 0 spiro atoms. The van der Waals surface area contributed by atoms with E-state index in [2.05, 4.69) is 15.9 Å². The minimum Gasteiger partial charge on any atom is -0.456 e. The van der Waals surface area contributed by atoms with Gasteiger partial charge in [-0.05, 0) is 48.9 Å². The van der Waals surface area contributed by atoms with Crippen molar-refractivity contribution in [1.82, 2.24) is 4.31 Å². The molecular weight excluding hydrogens is 470 g/mol. The zero-order chi connectivity index (χ0) is 21.3. The lowest BCUT2D eigenvalue weighted by Gasteiger charge is -2.26. The van der Waals surface area contributed by atoms with Gasteiger partial charge >= 0.3 is 0 Å². The molecule has 30 heavy (non-hydrogen) atoms. The van der Waals surface area contributed by atoms with Crippen LogP contribution in [0, 0.1) is 6.92 Å². The number of hydrogen-bond donors (Lipinski definition) is 0. The Balaban J connectivity index is 1.60. The van der Waals surface area contributed by atoms with E-state index in [0.717, 1.165) is 10.0 Å². The molecule has 1 aromatic heterocycles. The minimum atomic E-state index is -3.52. The quantitative estimate of drug-likeness (QED) is 0.552. The Morgan fingerprint density at radius 1 is 1.03 bits per heavy atom. The van der Waals surface area contributed by atoms with Gasteiger partial charge in [0.05, 0.1) is 23.5 Å². The first-order valence-electron chi connectivity index (χ1n) is 9.45. The van der Waals surface area contributed by atoms with Crippen LogP contribution in [0.4, 0.5) is 0 Å². The monoisotopic (exact) mass is 489 g/mol. The van der Waals surface area contributed by atoms with E-state index in [0.29, 0.717) is 48.6 Å². The first kappa shape index (κ1) is 21.0. The summed E-state index contributed by atoms with van der Waals surface area (Å²) in [5.74, 6) is 0.472. The second-order valence-corrected chi connectivity index (χ2v) is 9.83. The molecule has 2 heterocycles. The molecule has 156 valence electrons. The van der Waals surface area contributed by atoms with Crippen LogP contribution < -0.4 is 5.43 Å². The van der Waals surface area contributed by atoms with Crippen LogP contribution in [0.2, 0.25) is 0 Å². The summed E-state index contributed by atoms with van der Waals surface area (Å²) >= 11 is 3.37. The topological polar surface area (TPSA) is 76.8 Å². The second kappa shape index (κ2) is 8.47. The van der Waals surface area contributed by atoms with Crippen molar-refractivity contribution in [2.45, 2.75) is 11.8 Å². The number of ether oxygens (including phenoxy) is 1. The normalized spacial score (nSPS) is 15.8. The van der Waals surface area contributed by atoms with E-state index in [9.17, 15) is 13.2 Å². The zero-order valence-electron chi connectivity index (χ0n) is 16.3. The molecule has 1 aliphatic heterocycles. The van der Waals surface area contributed by atoms with E-state index in [1.54, 1.807) is 55.5 Å². The van der Waals surface area contributed by atoms with Gasteiger partial charge in [0, 0.05) is 23.1 Å². The zero-order valence-corrected chi connectivity index (χ0v) is 18.7. The van der Waals surface area contributed by atoms with Crippen molar-refractivity contribution >= 4 is 49.1 Å². The summed E-state index contributed by atoms with van der Waals surface area (Å²) in [5, 5.41) is 0.525. The number of sulfonamides is 1. The fourth-order valence-electron chi connectivity index (χ4n) is 3.30. The Labute approximate surface area is 182 Å². The highest BCUT2D eigenvalue weighted by Gasteiger charge is 2.25. The fourth-order valence-corrected chi connectivity index (χ4v) is 5.06. The van der Waals surface area contributed by atoms with E-state index in [1.807, 2.05) is 6.07 Å². The largest absolute Gasteiger partial charge is 0.456 e. The molecule has 0 bridgehead atoms. The van der Waals surface area contributed by atoms with Crippen LogP contribution >= 0.6 is 15.9 Å². The summed E-state index contributed by atoms with van der Waals surface area (Å²) in [6.07, 6.45) is 3.52. The Bertz CT molecular complexity index is 1270. The van der Waals surface area contributed by atoms with Gasteiger partial charge in [-0.2, -0.15) is 4.31 Å². The van der Waals surface area contributed by atoms with E-state index < -0.39 is 10.0 Å². The van der Waals surface area contributed by atoms with Crippen LogP contribution in [-0.4, -0.2) is 39.0 Å². The molecule has 0 amide bonds. The number of hydrogen-bond acceptors (Lipinski definition) is 5. The third-order valence-electron chi connectivity index (χ3n) is 5.03. The number of rotatable bonds is 4. The molecule has 6 nitrogen and oxygen atoms in total. The lowest BCUT2D eigenvalue weighted by molar-refractivity contribution is 0.0730. The predicted octanol–water partition coefficient (Wildman–Crippen LogP) is 4.06. The number of benzene rings is 2. The lowest BCUT2D eigenvalue weighted by Crippen LogP contribution is -2.40. The van der Waals surface area contributed by atoms with E-state index in [-0.39, 0.29) is 10.3 Å². The highest BCUT2D eigenvalue weighted by Crippen LogP contribution is 2.22. The third kappa shape index (κ3) is 4.13. The van der Waals surface area contributed by atoms with Crippen LogP contribution in [0.25, 0.3) is 23.1 Å². The molecule has 0 aliphatic carbocycles. The fraction of sp³-hybridized carbons (Fsp3) is 0.227. The highest BCUT2D eigenvalue weighted by molar-refractivity contribution is 9.10. The van der Waals surface area contributed by atoms with Gasteiger partial charge in [0.25, 0.3) is 0 Å². The van der Waals surface area contributed by atoms with Gasteiger partial charge in [-0.1, -0.05) is 34.1 Å². The molecule has 0 unspecified atom stereocenters. The second-order valence-electron chi connectivity index (χ2n) is 6.98. The standard InChI is InChI=1S/C22H20BrNO5S/c1-15-20(29-21-9-5-17(23)14-19(21)22(15)25)8-4-16-2-6-18(7-3-16)30(26,27)24-10-12-28-13-11-24/h2-9,14H,10-13H2,1H3/b8-4+. The Morgan fingerprint density at radius 2 is 1.73 bits per heavy atom. The van der Waals surface area contributed by atoms with Crippen molar-refractivity contribution in [2.24, 2.45) is 0 Å². The van der Waals surface area contributed by atoms with Gasteiger partial charge in [0.2, 0.25) is 10.0 Å². The molecule has 2 aromatic carbocycles. The smallest absolute Gasteiger partial charge is 0.243 e. The number of morpholine rings is 1. The van der Waals surface area contributed by atoms with E-state index in [4.69, 9.17) is 9.15 Å². The molecule has 3 aromatic rings. The highest BCUT2D eigenvalue weighted by atomic mass is 79.9. The minimum absolute atomic E-state index is 0.0795. The maximum atomic E-state index is 12.7. The maximum absolute atomic E-state index is 12.7. The summed E-state index contributed by atoms with van der Waals surface area (Å²) in [6, 6.07) is 12.0. The van der Waals surface area contributed by atoms with Gasteiger partial charge in [0.15, 0.2) is 5.43 Å². The van der Waals surface area contributed by atoms with Gasteiger partial charge in [0.1, 0.15) is 11.3 Å². The van der Waals surface area contributed by atoms with Gasteiger partial charge in [-0.15, -0.1) is 0 Å². The summed E-state index contributed by atoms with van der Waals surface area (Å²) in [7, 11) is -3.52. The number of fused-ring (bicyclic) bond motifs is 1. The first-order chi connectivity index (χ1) is 14.4. The lowest BCUT2D eigenvalue weighted by atomic mass is 10.1. The van der Waals surface area contributed by atoms with Gasteiger partial charge < -0.3 is 9.15 Å². The molecule has 0 N–H and O–H groups in total.